The number of nitrogens with zero attached hydrogens (tertiary/aromatic N) is 2. The van der Waals surface area contributed by atoms with Crippen molar-refractivity contribution >= 4 is 22.8 Å². The molecule has 3 aromatic rings. The van der Waals surface area contributed by atoms with Gasteiger partial charge in [0, 0.05) is 12.1 Å². The molecule has 0 aliphatic heterocycles. The van der Waals surface area contributed by atoms with E-state index in [1.165, 1.54) is 22.3 Å². The van der Waals surface area contributed by atoms with Crippen LogP contribution in [0.15, 0.2) is 76.7 Å². The zero-order valence-corrected chi connectivity index (χ0v) is 17.5. The predicted molar refractivity (Wildman–Crippen MR) is 122 cm³/mol. The molecular weight excluding hydrogens is 340 g/mol. The highest BCUT2D eigenvalue weighted by Gasteiger charge is 2.10. The summed E-state index contributed by atoms with van der Waals surface area (Å²) in [6.07, 6.45) is 0.714. The third-order valence-electron chi connectivity index (χ3n) is 4.96. The molecule has 0 aromatic heterocycles. The van der Waals surface area contributed by atoms with Crippen molar-refractivity contribution in [2.75, 3.05) is 0 Å². The van der Waals surface area contributed by atoms with Crippen molar-refractivity contribution in [2.45, 2.75) is 41.0 Å². The molecule has 0 saturated carbocycles. The second kappa shape index (κ2) is 8.79. The van der Waals surface area contributed by atoms with Crippen LogP contribution in [0, 0.1) is 27.7 Å². The van der Waals surface area contributed by atoms with Gasteiger partial charge in [-0.2, -0.15) is 0 Å². The number of hydrogen-bond acceptors (Lipinski definition) is 2. The third-order valence-corrected chi connectivity index (χ3v) is 4.96. The lowest BCUT2D eigenvalue weighted by molar-refractivity contribution is 1.29. The topological polar surface area (TPSA) is 24.7 Å². The van der Waals surface area contributed by atoms with E-state index in [-0.39, 0.29) is 0 Å². The Bertz CT molecular complexity index is 987. The molecule has 0 unspecified atom stereocenters. The van der Waals surface area contributed by atoms with E-state index >= 15 is 0 Å². The van der Waals surface area contributed by atoms with Crippen LogP contribution < -0.4 is 0 Å². The number of aliphatic imine (C=N–C) groups is 2. The van der Waals surface area contributed by atoms with Crippen LogP contribution in [0.2, 0.25) is 0 Å². The van der Waals surface area contributed by atoms with Gasteiger partial charge in [-0.15, -0.1) is 0 Å². The maximum Gasteiger partial charge on any atom is 0.0691 e. The van der Waals surface area contributed by atoms with Crippen LogP contribution in [0.4, 0.5) is 11.4 Å². The predicted octanol–water partition coefficient (Wildman–Crippen LogP) is 7.22. The minimum atomic E-state index is 0.714. The summed E-state index contributed by atoms with van der Waals surface area (Å²) >= 11 is 0. The van der Waals surface area contributed by atoms with Gasteiger partial charge in [-0.1, -0.05) is 66.7 Å². The number of rotatable bonds is 5. The molecule has 0 radical (unpaired) electrons. The molecular formula is C26H28N2. The van der Waals surface area contributed by atoms with E-state index in [2.05, 4.69) is 95.3 Å². The fourth-order valence-electron chi connectivity index (χ4n) is 3.41. The zero-order valence-electron chi connectivity index (χ0n) is 17.5. The molecule has 0 saturated heterocycles. The lowest BCUT2D eigenvalue weighted by atomic mass is 10.0. The number of hydrogen-bond donors (Lipinski definition) is 0. The largest absolute Gasteiger partial charge is 0.257 e. The van der Waals surface area contributed by atoms with Gasteiger partial charge >= 0.3 is 0 Å². The lowest BCUT2D eigenvalue weighted by Crippen LogP contribution is -2.07. The molecule has 2 heteroatoms. The average Bonchev–Trinajstić information content (AvgIpc) is 2.67. The molecule has 0 aliphatic rings. The molecule has 3 rings (SSSR count). The normalized spacial score (nSPS) is 12.3. The number of benzene rings is 3. The molecule has 3 aromatic carbocycles. The van der Waals surface area contributed by atoms with Crippen molar-refractivity contribution in [1.82, 2.24) is 0 Å². The van der Waals surface area contributed by atoms with Crippen LogP contribution in [0.1, 0.15) is 41.2 Å². The summed E-state index contributed by atoms with van der Waals surface area (Å²) in [5, 5.41) is 0. The second-order valence-corrected chi connectivity index (χ2v) is 7.43. The molecule has 28 heavy (non-hydrogen) atoms. The van der Waals surface area contributed by atoms with E-state index in [1.807, 2.05) is 6.07 Å². The first-order valence-corrected chi connectivity index (χ1v) is 9.75. The average molecular weight is 369 g/mol. The molecule has 0 heterocycles. The van der Waals surface area contributed by atoms with Crippen LogP contribution in [0.5, 0.6) is 0 Å². The van der Waals surface area contributed by atoms with Crippen molar-refractivity contribution in [3.05, 3.63) is 94.5 Å². The molecule has 0 amide bonds. The van der Waals surface area contributed by atoms with Gasteiger partial charge < -0.3 is 0 Å². The number of para-hydroxylation sites is 2. The van der Waals surface area contributed by atoms with E-state index in [9.17, 15) is 0 Å². The maximum atomic E-state index is 5.09. The van der Waals surface area contributed by atoms with Crippen LogP contribution >= 0.6 is 0 Å². The van der Waals surface area contributed by atoms with E-state index in [1.54, 1.807) is 0 Å². The van der Waals surface area contributed by atoms with Crippen LogP contribution in [-0.2, 0) is 0 Å². The highest BCUT2D eigenvalue weighted by Crippen LogP contribution is 2.26. The molecule has 0 spiro atoms. The molecule has 0 fully saturated rings. The van der Waals surface area contributed by atoms with Gasteiger partial charge in [-0.25, -0.2) is 0 Å². The van der Waals surface area contributed by atoms with Crippen LogP contribution in [0.3, 0.4) is 0 Å². The first-order valence-electron chi connectivity index (χ1n) is 9.75. The molecule has 2 nitrogen and oxygen atoms in total. The van der Waals surface area contributed by atoms with Gasteiger partial charge in [-0.05, 0) is 62.4 Å². The van der Waals surface area contributed by atoms with E-state index in [4.69, 9.17) is 9.98 Å². The van der Waals surface area contributed by atoms with Crippen LogP contribution in [0.25, 0.3) is 0 Å². The van der Waals surface area contributed by atoms with Crippen molar-refractivity contribution in [3.8, 4) is 0 Å². The first-order chi connectivity index (χ1) is 13.5. The van der Waals surface area contributed by atoms with Crippen molar-refractivity contribution in [3.63, 3.8) is 0 Å². The highest BCUT2D eigenvalue weighted by molar-refractivity contribution is 6.13. The first kappa shape index (κ1) is 19.8. The van der Waals surface area contributed by atoms with Gasteiger partial charge in [0.15, 0.2) is 0 Å². The Balaban J connectivity index is 2.04. The van der Waals surface area contributed by atoms with Crippen molar-refractivity contribution in [2.24, 2.45) is 9.98 Å². The van der Waals surface area contributed by atoms with Gasteiger partial charge in [0.05, 0.1) is 17.1 Å². The highest BCUT2D eigenvalue weighted by atomic mass is 14.8. The Labute approximate surface area is 168 Å². The molecule has 0 N–H and O–H groups in total. The number of aryl methyl sites for hydroxylation is 4. The summed E-state index contributed by atoms with van der Waals surface area (Å²) in [5.41, 5.74) is 10.2. The minimum absolute atomic E-state index is 0.714. The molecule has 142 valence electrons. The Morgan fingerprint density at radius 2 is 1.07 bits per heavy atom. The quantitative estimate of drug-likeness (QED) is 0.425. The summed E-state index contributed by atoms with van der Waals surface area (Å²) in [7, 11) is 0. The van der Waals surface area contributed by atoms with Gasteiger partial charge in [-0.3, -0.25) is 9.98 Å². The third kappa shape index (κ3) is 4.64. The Morgan fingerprint density at radius 1 is 0.607 bits per heavy atom. The Morgan fingerprint density at radius 3 is 1.57 bits per heavy atom. The van der Waals surface area contributed by atoms with Gasteiger partial charge in [0.25, 0.3) is 0 Å². The standard InChI is InChI=1S/C26H28N2/c1-18-11-9-12-19(2)25(18)27-22(5)17-24(23-15-7-6-8-16-23)28-26-20(3)13-10-14-21(26)4/h6-16H,17H2,1-5H3. The fraction of sp³-hybridized carbons (Fsp3) is 0.231. The van der Waals surface area contributed by atoms with Crippen molar-refractivity contribution < 1.29 is 0 Å². The summed E-state index contributed by atoms with van der Waals surface area (Å²) in [4.78, 5) is 10.0. The monoisotopic (exact) mass is 368 g/mol. The summed E-state index contributed by atoms with van der Waals surface area (Å²) in [6, 6.07) is 23.0. The summed E-state index contributed by atoms with van der Waals surface area (Å²) in [6.45, 7) is 10.6. The Kier molecular flexibility index (Phi) is 6.20. The summed E-state index contributed by atoms with van der Waals surface area (Å²) < 4.78 is 0. The molecule has 0 atom stereocenters. The SMILES string of the molecule is CC(CC(=Nc1c(C)cccc1C)c1ccccc1)=Nc1c(C)cccc1C. The van der Waals surface area contributed by atoms with E-state index < -0.39 is 0 Å². The second-order valence-electron chi connectivity index (χ2n) is 7.43. The Hall–Kier alpha value is -3.00. The van der Waals surface area contributed by atoms with Crippen LogP contribution in [-0.4, -0.2) is 11.4 Å². The van der Waals surface area contributed by atoms with E-state index in [0.29, 0.717) is 6.42 Å². The van der Waals surface area contributed by atoms with Gasteiger partial charge in [0.1, 0.15) is 0 Å². The summed E-state index contributed by atoms with van der Waals surface area (Å²) in [5.74, 6) is 0. The molecule has 0 bridgehead atoms. The zero-order chi connectivity index (χ0) is 20.1. The lowest BCUT2D eigenvalue weighted by Gasteiger charge is -2.12. The smallest absolute Gasteiger partial charge is 0.0691 e. The van der Waals surface area contributed by atoms with E-state index in [0.717, 1.165) is 28.4 Å². The minimum Gasteiger partial charge on any atom is -0.257 e. The maximum absolute atomic E-state index is 5.09. The molecule has 0 aliphatic carbocycles. The fourth-order valence-corrected chi connectivity index (χ4v) is 3.41. The van der Waals surface area contributed by atoms with Crippen molar-refractivity contribution in [1.29, 1.82) is 0 Å². The van der Waals surface area contributed by atoms with Gasteiger partial charge in [0.2, 0.25) is 0 Å².